The summed E-state index contributed by atoms with van der Waals surface area (Å²) in [5, 5.41) is 10.1. The van der Waals surface area contributed by atoms with Crippen molar-refractivity contribution in [2.45, 2.75) is 0 Å². The molecule has 1 fully saturated rings. The van der Waals surface area contributed by atoms with Gasteiger partial charge in [-0.15, -0.1) is 5.10 Å². The Hall–Kier alpha value is -1.76. The van der Waals surface area contributed by atoms with Crippen molar-refractivity contribution in [2.75, 3.05) is 5.75 Å². The van der Waals surface area contributed by atoms with Gasteiger partial charge in [0, 0.05) is 5.56 Å². The van der Waals surface area contributed by atoms with E-state index in [1.165, 1.54) is 23.9 Å². The second-order valence-corrected chi connectivity index (χ2v) is 4.09. The van der Waals surface area contributed by atoms with Gasteiger partial charge in [-0.05, 0) is 6.07 Å². The standard InChI is InChI=1S/C10H7F2N3OS/c11-7-3-1-2-6(9(7)12)4-13-15-10-14-8(16)5-17-10/h1-4H,5H2,(H,14,15,16). The first kappa shape index (κ1) is 11.7. The van der Waals surface area contributed by atoms with Crippen LogP contribution in [0.15, 0.2) is 28.4 Å². The zero-order valence-corrected chi connectivity index (χ0v) is 9.30. The summed E-state index contributed by atoms with van der Waals surface area (Å²) >= 11 is 1.20. The molecule has 17 heavy (non-hydrogen) atoms. The number of benzene rings is 1. The third-order valence-corrected chi connectivity index (χ3v) is 2.78. The van der Waals surface area contributed by atoms with E-state index in [-0.39, 0.29) is 11.5 Å². The number of hydrogen-bond donors (Lipinski definition) is 1. The van der Waals surface area contributed by atoms with Crippen molar-refractivity contribution in [3.8, 4) is 0 Å². The maximum Gasteiger partial charge on any atom is 0.236 e. The van der Waals surface area contributed by atoms with Crippen molar-refractivity contribution in [3.63, 3.8) is 0 Å². The molecule has 88 valence electrons. The highest BCUT2D eigenvalue weighted by molar-refractivity contribution is 8.15. The third-order valence-electron chi connectivity index (χ3n) is 1.91. The predicted octanol–water partition coefficient (Wildman–Crippen LogP) is 1.52. The highest BCUT2D eigenvalue weighted by Crippen LogP contribution is 2.10. The van der Waals surface area contributed by atoms with Crippen LogP contribution >= 0.6 is 11.8 Å². The van der Waals surface area contributed by atoms with Crippen LogP contribution in [-0.4, -0.2) is 23.0 Å². The van der Waals surface area contributed by atoms with Crippen LogP contribution in [0.1, 0.15) is 5.56 Å². The minimum Gasteiger partial charge on any atom is -0.303 e. The van der Waals surface area contributed by atoms with E-state index < -0.39 is 11.6 Å². The summed E-state index contributed by atoms with van der Waals surface area (Å²) < 4.78 is 26.0. The maximum atomic E-state index is 13.2. The van der Waals surface area contributed by atoms with Crippen molar-refractivity contribution >= 4 is 29.1 Å². The largest absolute Gasteiger partial charge is 0.303 e. The molecule has 1 saturated heterocycles. The molecule has 1 heterocycles. The number of carbonyl (C=O) groups excluding carboxylic acids is 1. The molecule has 0 radical (unpaired) electrons. The van der Waals surface area contributed by atoms with Gasteiger partial charge in [0.25, 0.3) is 0 Å². The maximum absolute atomic E-state index is 13.2. The van der Waals surface area contributed by atoms with Gasteiger partial charge in [0.05, 0.1) is 12.0 Å². The minimum atomic E-state index is -0.973. The molecule has 0 unspecified atom stereocenters. The van der Waals surface area contributed by atoms with Crippen molar-refractivity contribution in [1.82, 2.24) is 5.32 Å². The Morgan fingerprint density at radius 3 is 2.94 bits per heavy atom. The lowest BCUT2D eigenvalue weighted by Gasteiger charge is -1.95. The number of hydrogen-bond acceptors (Lipinski definition) is 4. The third kappa shape index (κ3) is 2.88. The fourth-order valence-electron chi connectivity index (χ4n) is 1.14. The van der Waals surface area contributed by atoms with E-state index in [2.05, 4.69) is 15.5 Å². The van der Waals surface area contributed by atoms with E-state index in [4.69, 9.17) is 0 Å². The lowest BCUT2D eigenvalue weighted by Crippen LogP contribution is -2.19. The Labute approximate surface area is 99.8 Å². The van der Waals surface area contributed by atoms with Crippen LogP contribution < -0.4 is 5.32 Å². The Kier molecular flexibility index (Phi) is 3.48. The number of amides is 1. The summed E-state index contributed by atoms with van der Waals surface area (Å²) in [6.07, 6.45) is 1.09. The van der Waals surface area contributed by atoms with E-state index in [9.17, 15) is 13.6 Å². The van der Waals surface area contributed by atoms with Gasteiger partial charge in [0.1, 0.15) is 0 Å². The van der Waals surface area contributed by atoms with Gasteiger partial charge in [-0.3, -0.25) is 4.79 Å². The molecule has 0 aromatic heterocycles. The summed E-state index contributed by atoms with van der Waals surface area (Å²) in [4.78, 5) is 10.8. The molecule has 7 heteroatoms. The van der Waals surface area contributed by atoms with Crippen LogP contribution in [0.25, 0.3) is 0 Å². The Bertz CT molecular complexity index is 516. The van der Waals surface area contributed by atoms with Crippen LogP contribution in [-0.2, 0) is 4.79 Å². The van der Waals surface area contributed by atoms with Gasteiger partial charge in [0.2, 0.25) is 5.91 Å². The van der Waals surface area contributed by atoms with Crippen LogP contribution in [0, 0.1) is 11.6 Å². The lowest BCUT2D eigenvalue weighted by molar-refractivity contribution is -0.116. The summed E-state index contributed by atoms with van der Waals surface area (Å²) in [5.41, 5.74) is 0.00340. The highest BCUT2D eigenvalue weighted by atomic mass is 32.2. The Morgan fingerprint density at radius 1 is 1.41 bits per heavy atom. The molecule has 1 aliphatic rings. The number of nitrogens with zero attached hydrogens (tertiary/aromatic N) is 2. The van der Waals surface area contributed by atoms with Crippen molar-refractivity contribution < 1.29 is 13.6 Å². The predicted molar refractivity (Wildman–Crippen MR) is 62.0 cm³/mol. The first-order valence-electron chi connectivity index (χ1n) is 4.64. The molecular formula is C10H7F2N3OS. The van der Waals surface area contributed by atoms with Gasteiger partial charge < -0.3 is 5.32 Å². The van der Waals surface area contributed by atoms with Gasteiger partial charge in [-0.25, -0.2) is 8.78 Å². The average Bonchev–Trinajstić information content (AvgIpc) is 2.70. The minimum absolute atomic E-state index is 0.00340. The zero-order chi connectivity index (χ0) is 12.3. The molecule has 2 rings (SSSR count). The van der Waals surface area contributed by atoms with Crippen molar-refractivity contribution in [2.24, 2.45) is 10.2 Å². The summed E-state index contributed by atoms with van der Waals surface area (Å²) in [7, 11) is 0. The summed E-state index contributed by atoms with van der Waals surface area (Å²) in [5.74, 6) is -1.77. The molecule has 0 bridgehead atoms. The molecular weight excluding hydrogens is 248 g/mol. The molecule has 4 nitrogen and oxygen atoms in total. The van der Waals surface area contributed by atoms with Crippen LogP contribution in [0.2, 0.25) is 0 Å². The van der Waals surface area contributed by atoms with Gasteiger partial charge in [-0.1, -0.05) is 23.9 Å². The fraction of sp³-hybridized carbons (Fsp3) is 0.100. The number of rotatable bonds is 2. The zero-order valence-electron chi connectivity index (χ0n) is 8.48. The molecule has 1 N–H and O–H groups in total. The van der Waals surface area contributed by atoms with E-state index in [0.717, 1.165) is 12.3 Å². The highest BCUT2D eigenvalue weighted by Gasteiger charge is 2.15. The number of carbonyl (C=O) groups is 1. The normalized spacial score (nSPS) is 18.0. The van der Waals surface area contributed by atoms with Gasteiger partial charge in [-0.2, -0.15) is 5.10 Å². The van der Waals surface area contributed by atoms with Crippen LogP contribution in [0.3, 0.4) is 0 Å². The second-order valence-electron chi connectivity index (χ2n) is 3.13. The van der Waals surface area contributed by atoms with Crippen LogP contribution in [0.5, 0.6) is 0 Å². The number of amidine groups is 1. The molecule has 1 aliphatic heterocycles. The number of nitrogens with one attached hydrogen (secondary N) is 1. The molecule has 0 aliphatic carbocycles. The number of halogens is 2. The van der Waals surface area contributed by atoms with Gasteiger partial charge >= 0.3 is 0 Å². The monoisotopic (exact) mass is 255 g/mol. The van der Waals surface area contributed by atoms with E-state index >= 15 is 0 Å². The molecule has 1 amide bonds. The van der Waals surface area contributed by atoms with E-state index in [0.29, 0.717) is 10.9 Å². The van der Waals surface area contributed by atoms with E-state index in [1.807, 2.05) is 0 Å². The Morgan fingerprint density at radius 2 is 2.24 bits per heavy atom. The van der Waals surface area contributed by atoms with Gasteiger partial charge in [0.15, 0.2) is 16.8 Å². The first-order valence-corrected chi connectivity index (χ1v) is 5.63. The molecule has 1 aromatic carbocycles. The fourth-order valence-corrected chi connectivity index (χ4v) is 1.77. The Balaban J connectivity index is 2.11. The van der Waals surface area contributed by atoms with Crippen LogP contribution in [0.4, 0.5) is 8.78 Å². The van der Waals surface area contributed by atoms with Crippen molar-refractivity contribution in [3.05, 3.63) is 35.4 Å². The summed E-state index contributed by atoms with van der Waals surface area (Å²) in [6.45, 7) is 0. The molecule has 0 saturated carbocycles. The SMILES string of the molecule is O=C1CSC(=NN=Cc2cccc(F)c2F)N1. The topological polar surface area (TPSA) is 53.8 Å². The smallest absolute Gasteiger partial charge is 0.236 e. The lowest BCUT2D eigenvalue weighted by atomic mass is 10.2. The quantitative estimate of drug-likeness (QED) is 0.643. The molecule has 0 spiro atoms. The van der Waals surface area contributed by atoms with E-state index in [1.54, 1.807) is 0 Å². The average molecular weight is 255 g/mol. The first-order chi connectivity index (χ1) is 8.16. The number of thioether (sulfide) groups is 1. The van der Waals surface area contributed by atoms with Crippen molar-refractivity contribution in [1.29, 1.82) is 0 Å². The summed E-state index contributed by atoms with van der Waals surface area (Å²) in [6, 6.07) is 3.77. The molecule has 1 aromatic rings. The molecule has 0 atom stereocenters. The second kappa shape index (κ2) is 5.05.